The van der Waals surface area contributed by atoms with E-state index >= 15 is 0 Å². The summed E-state index contributed by atoms with van der Waals surface area (Å²) in [5.74, 6) is -0.540. The van der Waals surface area contributed by atoms with Crippen LogP contribution in [0.1, 0.15) is 10.9 Å². The number of rotatable bonds is 2. The van der Waals surface area contributed by atoms with Crippen LogP contribution in [-0.2, 0) is 4.79 Å². The molecule has 15 heavy (non-hydrogen) atoms. The molecule has 0 heterocycles. The van der Waals surface area contributed by atoms with Gasteiger partial charge in [0.2, 0.25) is 0 Å². The molecule has 0 saturated heterocycles. The topological polar surface area (TPSA) is 58.2 Å². The summed E-state index contributed by atoms with van der Waals surface area (Å²) in [6, 6.07) is 8.25. The Kier molecular flexibility index (Phi) is 4.12. The van der Waals surface area contributed by atoms with Crippen molar-refractivity contribution < 1.29 is 9.59 Å². The van der Waals surface area contributed by atoms with Gasteiger partial charge in [-0.2, -0.15) is 0 Å². The van der Waals surface area contributed by atoms with Gasteiger partial charge < -0.3 is 5.32 Å². The number of benzene rings is 1. The van der Waals surface area contributed by atoms with Gasteiger partial charge in [-0.05, 0) is 5.56 Å². The van der Waals surface area contributed by atoms with Crippen LogP contribution in [-0.4, -0.2) is 19.0 Å². The standard InChI is InChI=1S/C10H11ClN2O2/c1-12-10(15)13-9(14)8(11)7-5-3-2-4-6-7/h2-6,8H,1H3,(H2,12,13,14,15)/t8-/m1/s1. The Balaban J connectivity index is 2.65. The zero-order chi connectivity index (χ0) is 11.3. The highest BCUT2D eigenvalue weighted by Gasteiger charge is 2.18. The van der Waals surface area contributed by atoms with E-state index in [2.05, 4.69) is 10.6 Å². The molecule has 0 radical (unpaired) electrons. The molecule has 4 nitrogen and oxygen atoms in total. The Morgan fingerprint density at radius 3 is 2.40 bits per heavy atom. The number of urea groups is 1. The Hall–Kier alpha value is -1.55. The van der Waals surface area contributed by atoms with Gasteiger partial charge in [-0.25, -0.2) is 4.79 Å². The number of alkyl halides is 1. The van der Waals surface area contributed by atoms with Gasteiger partial charge in [-0.15, -0.1) is 11.6 Å². The lowest BCUT2D eigenvalue weighted by molar-refractivity contribution is -0.119. The van der Waals surface area contributed by atoms with Crippen LogP contribution in [0.4, 0.5) is 4.79 Å². The van der Waals surface area contributed by atoms with Crippen molar-refractivity contribution in [2.24, 2.45) is 0 Å². The van der Waals surface area contributed by atoms with Gasteiger partial charge in [0.05, 0.1) is 0 Å². The zero-order valence-electron chi connectivity index (χ0n) is 8.16. The molecule has 2 N–H and O–H groups in total. The molecule has 0 saturated carbocycles. The fourth-order valence-electron chi connectivity index (χ4n) is 1.01. The fourth-order valence-corrected chi connectivity index (χ4v) is 1.21. The van der Waals surface area contributed by atoms with E-state index < -0.39 is 17.3 Å². The second-order valence-electron chi connectivity index (χ2n) is 2.84. The highest BCUT2D eigenvalue weighted by molar-refractivity contribution is 6.31. The molecule has 5 heteroatoms. The molecule has 1 atom stereocenters. The molecule has 80 valence electrons. The van der Waals surface area contributed by atoms with Crippen molar-refractivity contribution >= 4 is 23.5 Å². The molecule has 3 amide bonds. The predicted molar refractivity (Wildman–Crippen MR) is 57.6 cm³/mol. The normalized spacial score (nSPS) is 11.6. The van der Waals surface area contributed by atoms with E-state index in [0.717, 1.165) is 0 Å². The van der Waals surface area contributed by atoms with E-state index in [0.29, 0.717) is 5.56 Å². The summed E-state index contributed by atoms with van der Waals surface area (Å²) < 4.78 is 0. The first-order valence-corrected chi connectivity index (χ1v) is 4.80. The fraction of sp³-hybridized carbons (Fsp3) is 0.200. The molecular formula is C10H11ClN2O2. The molecule has 0 aromatic heterocycles. The molecule has 0 bridgehead atoms. The van der Waals surface area contributed by atoms with Gasteiger partial charge in [0.25, 0.3) is 5.91 Å². The first kappa shape index (κ1) is 11.5. The molecule has 0 aliphatic rings. The molecule has 0 aliphatic carbocycles. The third-order valence-corrected chi connectivity index (χ3v) is 2.24. The van der Waals surface area contributed by atoms with E-state index in [1.54, 1.807) is 24.3 Å². The Morgan fingerprint density at radius 2 is 1.87 bits per heavy atom. The van der Waals surface area contributed by atoms with Crippen LogP contribution < -0.4 is 10.6 Å². The number of halogens is 1. The first-order valence-electron chi connectivity index (χ1n) is 4.36. The average Bonchev–Trinajstić information content (AvgIpc) is 2.29. The number of carbonyl (C=O) groups excluding carboxylic acids is 2. The van der Waals surface area contributed by atoms with E-state index in [4.69, 9.17) is 11.6 Å². The Labute approximate surface area is 92.6 Å². The van der Waals surface area contributed by atoms with Crippen LogP contribution in [0.15, 0.2) is 30.3 Å². The highest BCUT2D eigenvalue weighted by Crippen LogP contribution is 2.19. The highest BCUT2D eigenvalue weighted by atomic mass is 35.5. The monoisotopic (exact) mass is 226 g/mol. The third-order valence-electron chi connectivity index (χ3n) is 1.79. The Bertz CT molecular complexity index is 354. The van der Waals surface area contributed by atoms with Crippen LogP contribution in [0, 0.1) is 0 Å². The van der Waals surface area contributed by atoms with Crippen molar-refractivity contribution in [2.45, 2.75) is 5.38 Å². The zero-order valence-corrected chi connectivity index (χ0v) is 8.91. The van der Waals surface area contributed by atoms with Crippen LogP contribution in [0.25, 0.3) is 0 Å². The average molecular weight is 227 g/mol. The van der Waals surface area contributed by atoms with Crippen molar-refractivity contribution in [3.63, 3.8) is 0 Å². The predicted octanol–water partition coefficient (Wildman–Crippen LogP) is 1.42. The second-order valence-corrected chi connectivity index (χ2v) is 3.28. The molecule has 0 aliphatic heterocycles. The van der Waals surface area contributed by atoms with E-state index in [1.807, 2.05) is 6.07 Å². The number of nitrogens with one attached hydrogen (secondary N) is 2. The minimum Gasteiger partial charge on any atom is -0.341 e. The molecule has 0 unspecified atom stereocenters. The quantitative estimate of drug-likeness (QED) is 0.750. The van der Waals surface area contributed by atoms with E-state index in [1.165, 1.54) is 7.05 Å². The molecule has 1 aromatic rings. The summed E-state index contributed by atoms with van der Waals surface area (Å²) in [4.78, 5) is 22.3. The minimum absolute atomic E-state index is 0.540. The Morgan fingerprint density at radius 1 is 1.27 bits per heavy atom. The third kappa shape index (κ3) is 3.25. The van der Waals surface area contributed by atoms with Crippen molar-refractivity contribution in [3.8, 4) is 0 Å². The van der Waals surface area contributed by atoms with Gasteiger partial charge in [-0.1, -0.05) is 30.3 Å². The van der Waals surface area contributed by atoms with Crippen LogP contribution in [0.2, 0.25) is 0 Å². The summed E-state index contributed by atoms with van der Waals surface area (Å²) in [6.07, 6.45) is 0. The summed E-state index contributed by atoms with van der Waals surface area (Å²) in [6.45, 7) is 0. The number of imide groups is 1. The van der Waals surface area contributed by atoms with Gasteiger partial charge in [-0.3, -0.25) is 10.1 Å². The molecule has 0 fully saturated rings. The van der Waals surface area contributed by atoms with E-state index in [9.17, 15) is 9.59 Å². The maximum absolute atomic E-state index is 11.4. The molecule has 1 aromatic carbocycles. The molecular weight excluding hydrogens is 216 g/mol. The lowest BCUT2D eigenvalue weighted by Crippen LogP contribution is -2.39. The van der Waals surface area contributed by atoms with Gasteiger partial charge in [0.1, 0.15) is 5.38 Å². The van der Waals surface area contributed by atoms with Crippen molar-refractivity contribution in [3.05, 3.63) is 35.9 Å². The smallest absolute Gasteiger partial charge is 0.321 e. The van der Waals surface area contributed by atoms with Gasteiger partial charge in [0.15, 0.2) is 0 Å². The van der Waals surface area contributed by atoms with E-state index in [-0.39, 0.29) is 0 Å². The van der Waals surface area contributed by atoms with Crippen molar-refractivity contribution in [1.82, 2.24) is 10.6 Å². The second kappa shape index (κ2) is 5.36. The number of amides is 3. The summed E-state index contributed by atoms with van der Waals surface area (Å²) in [5.41, 5.74) is 0.653. The largest absolute Gasteiger partial charge is 0.341 e. The van der Waals surface area contributed by atoms with Gasteiger partial charge in [0, 0.05) is 7.05 Å². The number of hydrogen-bond acceptors (Lipinski definition) is 2. The lowest BCUT2D eigenvalue weighted by atomic mass is 10.1. The summed E-state index contributed by atoms with van der Waals surface area (Å²) in [5, 5.41) is 3.52. The van der Waals surface area contributed by atoms with Crippen LogP contribution in [0.3, 0.4) is 0 Å². The maximum atomic E-state index is 11.4. The van der Waals surface area contributed by atoms with Crippen LogP contribution >= 0.6 is 11.6 Å². The minimum atomic E-state index is -0.858. The lowest BCUT2D eigenvalue weighted by Gasteiger charge is -2.09. The summed E-state index contributed by atoms with van der Waals surface area (Å²) in [7, 11) is 1.42. The SMILES string of the molecule is CNC(=O)NC(=O)[C@H](Cl)c1ccccc1. The van der Waals surface area contributed by atoms with Gasteiger partial charge >= 0.3 is 6.03 Å². The van der Waals surface area contributed by atoms with Crippen molar-refractivity contribution in [1.29, 1.82) is 0 Å². The summed E-state index contributed by atoms with van der Waals surface area (Å²) >= 11 is 5.87. The maximum Gasteiger partial charge on any atom is 0.321 e. The molecule has 1 rings (SSSR count). The first-order chi connectivity index (χ1) is 7.15. The molecule has 0 spiro atoms. The van der Waals surface area contributed by atoms with Crippen LogP contribution in [0.5, 0.6) is 0 Å². The van der Waals surface area contributed by atoms with Crippen molar-refractivity contribution in [2.75, 3.05) is 7.05 Å². The number of carbonyl (C=O) groups is 2. The number of hydrogen-bond donors (Lipinski definition) is 2.